The van der Waals surface area contributed by atoms with Gasteiger partial charge in [0.15, 0.2) is 0 Å². The van der Waals surface area contributed by atoms with E-state index in [1.165, 1.54) is 0 Å². The Morgan fingerprint density at radius 1 is 1.10 bits per heavy atom. The minimum absolute atomic E-state index is 0.0639. The van der Waals surface area contributed by atoms with Crippen molar-refractivity contribution in [3.05, 3.63) is 83.7 Å². The number of benzene rings is 2. The monoisotopic (exact) mass is 569 g/mol. The first-order valence-electron chi connectivity index (χ1n) is 14.6. The summed E-state index contributed by atoms with van der Waals surface area (Å²) in [6.45, 7) is 8.94. The van der Waals surface area contributed by atoms with Gasteiger partial charge in [-0.05, 0) is 79.8 Å². The number of hydrogen-bond donors (Lipinski definition) is 2. The van der Waals surface area contributed by atoms with E-state index < -0.39 is 11.6 Å². The maximum Gasteiger partial charge on any atom is 0.305 e. The fraction of sp³-hybridized carbons (Fsp3) is 0.424. The molecule has 1 atom stereocenters. The number of carboxylic acid groups (broad SMARTS) is 1. The molecule has 2 heterocycles. The second-order valence-corrected chi connectivity index (χ2v) is 12.5. The molecule has 0 saturated heterocycles. The summed E-state index contributed by atoms with van der Waals surface area (Å²) >= 11 is 0. The SMILES string of the molecule is C[C@H](c1ccc(C(=O)NCCC(=O)O)cc1)N1C(=O)C(c2cccc(-n3cccn3)c2)=NC12CCC(C(C)(C)C)CC2. The number of nitrogens with one attached hydrogen (secondary N) is 1. The standard InChI is InChI=1S/C33H39N5O4/c1-22(23-9-11-24(12-10-23)30(41)34-19-15-28(39)40)38-31(42)29(25-7-5-8-27(21-25)37-20-6-18-35-37)36-33(38)16-13-26(14-17-33)32(2,3)4/h5-12,18,20-22,26H,13-17,19H2,1-4H3,(H,34,41)(H,39,40)/t22-,26?,33?/m1/s1. The molecular weight excluding hydrogens is 530 g/mol. The van der Waals surface area contributed by atoms with E-state index in [-0.39, 0.29) is 36.2 Å². The van der Waals surface area contributed by atoms with Crippen molar-refractivity contribution in [3.8, 4) is 5.69 Å². The molecule has 9 heteroatoms. The number of carbonyl (C=O) groups is 3. The Kier molecular flexibility index (Phi) is 8.03. The third-order valence-corrected chi connectivity index (χ3v) is 8.76. The second kappa shape index (κ2) is 11.5. The number of carboxylic acids is 1. The molecule has 1 aliphatic heterocycles. The van der Waals surface area contributed by atoms with Crippen LogP contribution in [0.25, 0.3) is 5.69 Å². The highest BCUT2D eigenvalue weighted by atomic mass is 16.4. The molecule has 2 aromatic carbocycles. The zero-order valence-corrected chi connectivity index (χ0v) is 24.7. The van der Waals surface area contributed by atoms with Gasteiger partial charge in [-0.3, -0.25) is 19.4 Å². The molecule has 1 saturated carbocycles. The van der Waals surface area contributed by atoms with Crippen LogP contribution < -0.4 is 5.32 Å². The summed E-state index contributed by atoms with van der Waals surface area (Å²) in [6, 6.07) is 16.6. The maximum absolute atomic E-state index is 14.3. The third kappa shape index (κ3) is 5.86. The number of carbonyl (C=O) groups excluding carboxylic acids is 2. The zero-order chi connectivity index (χ0) is 30.1. The summed E-state index contributed by atoms with van der Waals surface area (Å²) in [5.41, 5.74) is 3.01. The third-order valence-electron chi connectivity index (χ3n) is 8.76. The lowest BCUT2D eigenvalue weighted by atomic mass is 9.69. The van der Waals surface area contributed by atoms with Crippen LogP contribution in [0.4, 0.5) is 0 Å². The van der Waals surface area contributed by atoms with Crippen molar-refractivity contribution >= 4 is 23.5 Å². The van der Waals surface area contributed by atoms with Gasteiger partial charge >= 0.3 is 5.97 Å². The number of aliphatic imine (C=N–C) groups is 1. The van der Waals surface area contributed by atoms with Gasteiger partial charge in [-0.25, -0.2) is 4.68 Å². The maximum atomic E-state index is 14.3. The number of amides is 2. The van der Waals surface area contributed by atoms with Crippen molar-refractivity contribution in [1.82, 2.24) is 20.0 Å². The first kappa shape index (κ1) is 29.2. The number of aliphatic carboxylic acids is 1. The Labute approximate surface area is 246 Å². The molecule has 1 aromatic heterocycles. The van der Waals surface area contributed by atoms with Crippen molar-refractivity contribution in [2.45, 2.75) is 71.5 Å². The van der Waals surface area contributed by atoms with Crippen LogP contribution in [0.15, 0.2) is 72.0 Å². The molecule has 2 aliphatic rings. The molecule has 42 heavy (non-hydrogen) atoms. The highest BCUT2D eigenvalue weighted by Gasteiger charge is 2.52. The van der Waals surface area contributed by atoms with Gasteiger partial charge in [0, 0.05) is 30.1 Å². The molecule has 220 valence electrons. The molecule has 2 amide bonds. The number of nitrogens with zero attached hydrogens (tertiary/aromatic N) is 4. The lowest BCUT2D eigenvalue weighted by Crippen LogP contribution is -2.50. The van der Waals surface area contributed by atoms with E-state index in [1.807, 2.05) is 60.5 Å². The highest BCUT2D eigenvalue weighted by molar-refractivity contribution is 6.46. The summed E-state index contributed by atoms with van der Waals surface area (Å²) < 4.78 is 1.77. The number of hydrogen-bond acceptors (Lipinski definition) is 5. The Morgan fingerprint density at radius 2 is 1.81 bits per heavy atom. The summed E-state index contributed by atoms with van der Waals surface area (Å²) in [4.78, 5) is 44.7. The van der Waals surface area contributed by atoms with Crippen LogP contribution in [0.3, 0.4) is 0 Å². The molecule has 5 rings (SSSR count). The van der Waals surface area contributed by atoms with Gasteiger partial charge in [0.25, 0.3) is 11.8 Å². The van der Waals surface area contributed by atoms with Gasteiger partial charge in [0.05, 0.1) is 18.2 Å². The van der Waals surface area contributed by atoms with E-state index in [0.717, 1.165) is 42.5 Å². The van der Waals surface area contributed by atoms with Crippen molar-refractivity contribution < 1.29 is 19.5 Å². The summed E-state index contributed by atoms with van der Waals surface area (Å²) in [5.74, 6) is -0.830. The van der Waals surface area contributed by atoms with Gasteiger partial charge in [-0.1, -0.05) is 45.0 Å². The predicted molar refractivity (Wildman–Crippen MR) is 161 cm³/mol. The number of aromatic nitrogens is 2. The first-order valence-corrected chi connectivity index (χ1v) is 14.6. The van der Waals surface area contributed by atoms with Crippen LogP contribution >= 0.6 is 0 Å². The molecule has 0 bridgehead atoms. The minimum Gasteiger partial charge on any atom is -0.481 e. The summed E-state index contributed by atoms with van der Waals surface area (Å²) in [7, 11) is 0. The molecule has 3 aromatic rings. The van der Waals surface area contributed by atoms with Crippen molar-refractivity contribution in [3.63, 3.8) is 0 Å². The number of rotatable bonds is 8. The molecule has 0 radical (unpaired) electrons. The molecule has 1 spiro atoms. The highest BCUT2D eigenvalue weighted by Crippen LogP contribution is 2.49. The lowest BCUT2D eigenvalue weighted by molar-refractivity contribution is -0.137. The van der Waals surface area contributed by atoms with Gasteiger partial charge in [0.2, 0.25) is 0 Å². The van der Waals surface area contributed by atoms with Crippen LogP contribution in [0.5, 0.6) is 0 Å². The first-order chi connectivity index (χ1) is 20.0. The largest absolute Gasteiger partial charge is 0.481 e. The second-order valence-electron chi connectivity index (χ2n) is 12.5. The van der Waals surface area contributed by atoms with Gasteiger partial charge in [-0.2, -0.15) is 5.10 Å². The average molecular weight is 570 g/mol. The Bertz CT molecular complexity index is 1480. The smallest absolute Gasteiger partial charge is 0.305 e. The van der Waals surface area contributed by atoms with Gasteiger partial charge in [0.1, 0.15) is 11.4 Å². The van der Waals surface area contributed by atoms with Crippen LogP contribution in [0.2, 0.25) is 0 Å². The molecule has 0 unspecified atom stereocenters. The molecule has 1 fully saturated rings. The average Bonchev–Trinajstić information content (AvgIpc) is 3.59. The van der Waals surface area contributed by atoms with Crippen LogP contribution in [-0.2, 0) is 9.59 Å². The van der Waals surface area contributed by atoms with Crippen molar-refractivity contribution in [2.24, 2.45) is 16.3 Å². The van der Waals surface area contributed by atoms with E-state index in [0.29, 0.717) is 17.2 Å². The summed E-state index contributed by atoms with van der Waals surface area (Å²) in [5, 5.41) is 15.8. The molecule has 9 nitrogen and oxygen atoms in total. The topological polar surface area (TPSA) is 117 Å². The Balaban J connectivity index is 1.44. The van der Waals surface area contributed by atoms with E-state index in [1.54, 1.807) is 23.0 Å². The predicted octanol–water partition coefficient (Wildman–Crippen LogP) is 5.40. The lowest BCUT2D eigenvalue weighted by Gasteiger charge is -2.46. The molecule has 2 N–H and O–H groups in total. The Morgan fingerprint density at radius 3 is 2.43 bits per heavy atom. The van der Waals surface area contributed by atoms with Crippen LogP contribution in [0.1, 0.15) is 87.3 Å². The van der Waals surface area contributed by atoms with Crippen LogP contribution in [0, 0.1) is 11.3 Å². The van der Waals surface area contributed by atoms with Crippen LogP contribution in [-0.4, -0.2) is 55.5 Å². The van der Waals surface area contributed by atoms with Crippen molar-refractivity contribution in [1.29, 1.82) is 0 Å². The summed E-state index contributed by atoms with van der Waals surface area (Å²) in [6.07, 6.45) is 7.01. The van der Waals surface area contributed by atoms with E-state index >= 15 is 0 Å². The van der Waals surface area contributed by atoms with Gasteiger partial charge < -0.3 is 15.3 Å². The zero-order valence-electron chi connectivity index (χ0n) is 24.7. The quantitative estimate of drug-likeness (QED) is 0.377. The van der Waals surface area contributed by atoms with E-state index in [2.05, 4.69) is 31.2 Å². The van der Waals surface area contributed by atoms with Gasteiger partial charge in [-0.15, -0.1) is 0 Å². The van der Waals surface area contributed by atoms with E-state index in [4.69, 9.17) is 10.1 Å². The fourth-order valence-corrected chi connectivity index (χ4v) is 6.30. The van der Waals surface area contributed by atoms with E-state index in [9.17, 15) is 14.4 Å². The minimum atomic E-state index is -0.963. The fourth-order valence-electron chi connectivity index (χ4n) is 6.30. The normalized spacial score (nSPS) is 21.3. The molecular formula is C33H39N5O4. The Hall–Kier alpha value is -4.27. The molecule has 1 aliphatic carbocycles. The van der Waals surface area contributed by atoms with Crippen molar-refractivity contribution in [2.75, 3.05) is 6.54 Å².